The average Bonchev–Trinajstić information content (AvgIpc) is 3.08. The standard InChI is InChI=1S/C18H24N6O2S/c1-12-9-22-16(27-12)7-8-21-18(20-2)24-10-13-3-5-14(6-4-13)17(26)23-11-15(19)25/h3-6,9H,7-8,10-11H2,1-2H3,(H2,19,25)(H,23,26)(H2,20,21,24). The average molecular weight is 388 g/mol. The van der Waals surface area contributed by atoms with Crippen molar-refractivity contribution in [3.05, 3.63) is 51.5 Å². The van der Waals surface area contributed by atoms with E-state index in [1.165, 1.54) is 4.88 Å². The van der Waals surface area contributed by atoms with Crippen molar-refractivity contribution >= 4 is 29.1 Å². The van der Waals surface area contributed by atoms with Gasteiger partial charge in [0.2, 0.25) is 5.91 Å². The van der Waals surface area contributed by atoms with Gasteiger partial charge in [0.1, 0.15) is 0 Å². The number of hydrogen-bond acceptors (Lipinski definition) is 5. The summed E-state index contributed by atoms with van der Waals surface area (Å²) in [5.74, 6) is -0.206. The molecule has 0 fully saturated rings. The van der Waals surface area contributed by atoms with Gasteiger partial charge in [-0.1, -0.05) is 12.1 Å². The Morgan fingerprint density at radius 1 is 1.19 bits per heavy atom. The van der Waals surface area contributed by atoms with Crippen molar-refractivity contribution in [3.63, 3.8) is 0 Å². The van der Waals surface area contributed by atoms with Crippen LogP contribution in [0.4, 0.5) is 0 Å². The molecular weight excluding hydrogens is 364 g/mol. The van der Waals surface area contributed by atoms with Crippen LogP contribution in [0, 0.1) is 6.92 Å². The van der Waals surface area contributed by atoms with Gasteiger partial charge in [0.15, 0.2) is 5.96 Å². The number of aryl methyl sites for hydroxylation is 1. The lowest BCUT2D eigenvalue weighted by atomic mass is 10.1. The number of rotatable bonds is 8. The van der Waals surface area contributed by atoms with Gasteiger partial charge in [0.25, 0.3) is 5.91 Å². The van der Waals surface area contributed by atoms with Crippen LogP contribution in [0.5, 0.6) is 0 Å². The Kier molecular flexibility index (Phi) is 7.75. The molecule has 2 aromatic rings. The van der Waals surface area contributed by atoms with Crippen LogP contribution in [0.15, 0.2) is 35.5 Å². The van der Waals surface area contributed by atoms with Crippen molar-refractivity contribution in [3.8, 4) is 0 Å². The van der Waals surface area contributed by atoms with Crippen molar-refractivity contribution in [1.29, 1.82) is 0 Å². The van der Waals surface area contributed by atoms with E-state index in [0.29, 0.717) is 18.1 Å². The van der Waals surface area contributed by atoms with Crippen LogP contribution in [0.3, 0.4) is 0 Å². The molecule has 9 heteroatoms. The Morgan fingerprint density at radius 3 is 2.52 bits per heavy atom. The number of thiazole rings is 1. The van der Waals surface area contributed by atoms with Gasteiger partial charge in [-0.25, -0.2) is 4.98 Å². The Labute approximate surface area is 162 Å². The van der Waals surface area contributed by atoms with Crippen molar-refractivity contribution in [2.24, 2.45) is 10.7 Å². The third kappa shape index (κ3) is 7.06. The molecule has 2 amide bonds. The third-order valence-corrected chi connectivity index (χ3v) is 4.60. The molecule has 0 atom stereocenters. The van der Waals surface area contributed by atoms with Crippen molar-refractivity contribution in [1.82, 2.24) is 20.9 Å². The molecule has 1 aromatic carbocycles. The zero-order valence-corrected chi connectivity index (χ0v) is 16.2. The zero-order chi connectivity index (χ0) is 19.6. The summed E-state index contributed by atoms with van der Waals surface area (Å²) in [7, 11) is 1.72. The van der Waals surface area contributed by atoms with Crippen LogP contribution in [-0.2, 0) is 17.8 Å². The molecule has 0 unspecified atom stereocenters. The number of guanidine groups is 1. The molecule has 144 valence electrons. The number of amides is 2. The van der Waals surface area contributed by atoms with Crippen molar-refractivity contribution < 1.29 is 9.59 Å². The van der Waals surface area contributed by atoms with E-state index in [9.17, 15) is 9.59 Å². The summed E-state index contributed by atoms with van der Waals surface area (Å²) in [6.07, 6.45) is 2.72. The van der Waals surface area contributed by atoms with Gasteiger partial charge in [0.05, 0.1) is 11.6 Å². The smallest absolute Gasteiger partial charge is 0.251 e. The Bertz CT molecular complexity index is 800. The first kappa shape index (κ1) is 20.4. The SMILES string of the molecule is CN=C(NCCc1ncc(C)s1)NCc1ccc(C(=O)NCC(N)=O)cc1. The fourth-order valence-corrected chi connectivity index (χ4v) is 3.04. The first-order valence-electron chi connectivity index (χ1n) is 8.49. The summed E-state index contributed by atoms with van der Waals surface area (Å²) in [6, 6.07) is 7.10. The topological polar surface area (TPSA) is 122 Å². The highest BCUT2D eigenvalue weighted by molar-refractivity contribution is 7.11. The molecule has 0 aliphatic rings. The summed E-state index contributed by atoms with van der Waals surface area (Å²) in [5.41, 5.74) is 6.48. The summed E-state index contributed by atoms with van der Waals surface area (Å²) in [5, 5.41) is 10.0. The summed E-state index contributed by atoms with van der Waals surface area (Å²) >= 11 is 1.70. The first-order chi connectivity index (χ1) is 13.0. The van der Waals surface area contributed by atoms with Crippen LogP contribution in [0.25, 0.3) is 0 Å². The van der Waals surface area contributed by atoms with E-state index in [1.54, 1.807) is 30.5 Å². The first-order valence-corrected chi connectivity index (χ1v) is 9.31. The van der Waals surface area contributed by atoms with Crippen LogP contribution >= 0.6 is 11.3 Å². The maximum atomic E-state index is 11.8. The lowest BCUT2D eigenvalue weighted by Gasteiger charge is -2.11. The number of aromatic nitrogens is 1. The largest absolute Gasteiger partial charge is 0.368 e. The Morgan fingerprint density at radius 2 is 1.93 bits per heavy atom. The van der Waals surface area contributed by atoms with E-state index in [-0.39, 0.29) is 12.5 Å². The van der Waals surface area contributed by atoms with E-state index in [1.807, 2.05) is 25.3 Å². The lowest BCUT2D eigenvalue weighted by Crippen LogP contribution is -2.37. The second kappa shape index (κ2) is 10.3. The fraction of sp³-hybridized carbons (Fsp3) is 0.333. The molecule has 2 rings (SSSR count). The molecule has 0 saturated heterocycles. The molecule has 5 N–H and O–H groups in total. The number of aliphatic imine (C=N–C) groups is 1. The minimum Gasteiger partial charge on any atom is -0.368 e. The van der Waals surface area contributed by atoms with Gasteiger partial charge in [-0.3, -0.25) is 14.6 Å². The minimum absolute atomic E-state index is 0.176. The molecule has 0 saturated carbocycles. The van der Waals surface area contributed by atoms with Gasteiger partial charge in [-0.15, -0.1) is 11.3 Å². The van der Waals surface area contributed by atoms with E-state index >= 15 is 0 Å². The number of nitrogens with two attached hydrogens (primary N) is 1. The van der Waals surface area contributed by atoms with Crippen LogP contribution in [-0.4, -0.2) is 42.9 Å². The molecule has 1 heterocycles. The Balaban J connectivity index is 1.76. The van der Waals surface area contributed by atoms with E-state index in [4.69, 9.17) is 5.73 Å². The van der Waals surface area contributed by atoms with Crippen LogP contribution in [0.1, 0.15) is 25.8 Å². The molecule has 0 aliphatic heterocycles. The Hall–Kier alpha value is -2.94. The molecule has 0 spiro atoms. The molecular formula is C18H24N6O2S. The number of nitrogens with one attached hydrogen (secondary N) is 3. The molecule has 27 heavy (non-hydrogen) atoms. The predicted octanol–water partition coefficient (Wildman–Crippen LogP) is 0.574. The van der Waals surface area contributed by atoms with E-state index in [0.717, 1.165) is 23.5 Å². The summed E-state index contributed by atoms with van der Waals surface area (Å²) in [6.45, 7) is 3.18. The second-order valence-electron chi connectivity index (χ2n) is 5.81. The number of carbonyl (C=O) groups is 2. The van der Waals surface area contributed by atoms with Crippen LogP contribution < -0.4 is 21.7 Å². The van der Waals surface area contributed by atoms with Gasteiger partial charge in [-0.05, 0) is 24.6 Å². The lowest BCUT2D eigenvalue weighted by molar-refractivity contribution is -0.117. The maximum Gasteiger partial charge on any atom is 0.251 e. The van der Waals surface area contributed by atoms with E-state index in [2.05, 4.69) is 25.9 Å². The number of carbonyl (C=O) groups excluding carboxylic acids is 2. The molecule has 1 aromatic heterocycles. The van der Waals surface area contributed by atoms with Gasteiger partial charge < -0.3 is 21.7 Å². The third-order valence-electron chi connectivity index (χ3n) is 3.62. The number of primary amides is 1. The van der Waals surface area contributed by atoms with Gasteiger partial charge in [0, 0.05) is 43.2 Å². The molecule has 0 radical (unpaired) electrons. The normalized spacial score (nSPS) is 11.1. The van der Waals surface area contributed by atoms with Crippen LogP contribution in [0.2, 0.25) is 0 Å². The maximum absolute atomic E-state index is 11.8. The fourth-order valence-electron chi connectivity index (χ4n) is 2.25. The number of hydrogen-bond donors (Lipinski definition) is 4. The highest BCUT2D eigenvalue weighted by Crippen LogP contribution is 2.10. The predicted molar refractivity (Wildman–Crippen MR) is 107 cm³/mol. The van der Waals surface area contributed by atoms with Gasteiger partial charge >= 0.3 is 0 Å². The monoisotopic (exact) mass is 388 g/mol. The zero-order valence-electron chi connectivity index (χ0n) is 15.4. The van der Waals surface area contributed by atoms with Crippen molar-refractivity contribution in [2.45, 2.75) is 19.9 Å². The van der Waals surface area contributed by atoms with E-state index < -0.39 is 5.91 Å². The van der Waals surface area contributed by atoms with Gasteiger partial charge in [-0.2, -0.15) is 0 Å². The highest BCUT2D eigenvalue weighted by Gasteiger charge is 2.06. The number of nitrogens with zero attached hydrogens (tertiary/aromatic N) is 2. The quantitative estimate of drug-likeness (QED) is 0.389. The highest BCUT2D eigenvalue weighted by atomic mass is 32.1. The number of benzene rings is 1. The molecule has 0 bridgehead atoms. The molecule has 8 nitrogen and oxygen atoms in total. The molecule has 0 aliphatic carbocycles. The summed E-state index contributed by atoms with van der Waals surface area (Å²) in [4.78, 5) is 32.3. The second-order valence-corrected chi connectivity index (χ2v) is 7.13. The minimum atomic E-state index is -0.576. The summed E-state index contributed by atoms with van der Waals surface area (Å²) < 4.78 is 0. The van der Waals surface area contributed by atoms with Crippen molar-refractivity contribution in [2.75, 3.05) is 20.1 Å².